The summed E-state index contributed by atoms with van der Waals surface area (Å²) in [5.74, 6) is -10.6. The Bertz CT molecular complexity index is 1810. The first-order valence-electron chi connectivity index (χ1n) is 17.6. The van der Waals surface area contributed by atoms with Crippen LogP contribution in [0.2, 0.25) is 0 Å². The summed E-state index contributed by atoms with van der Waals surface area (Å²) < 4.78 is 0. The number of rotatable bonds is 8. The van der Waals surface area contributed by atoms with Gasteiger partial charge in [0.05, 0.1) is 36.6 Å². The number of benzene rings is 1. The molecule has 3 rings (SSSR count). The van der Waals surface area contributed by atoms with E-state index in [4.69, 9.17) is 11.5 Å². The third kappa shape index (κ3) is 14.5. The molecule has 14 N–H and O–H groups in total. The lowest BCUT2D eigenvalue weighted by atomic mass is 10.0. The number of nitro benzene ring substituents is 1. The molecule has 2 aliphatic heterocycles. The Labute approximate surface area is 342 Å². The number of hydrogen-bond acceptors (Lipinski definition) is 17. The van der Waals surface area contributed by atoms with E-state index in [1.807, 2.05) is 0 Å². The van der Waals surface area contributed by atoms with Crippen molar-refractivity contribution in [3.8, 4) is 5.75 Å². The molecule has 0 aliphatic carbocycles. The number of aliphatic hydroxyl groups is 2. The fraction of sp³-hybridized carbons (Fsp3) is 0.531. The summed E-state index contributed by atoms with van der Waals surface area (Å²) in [5.41, 5.74) is 10.7. The lowest BCUT2D eigenvalue weighted by molar-refractivity contribution is -0.385. The molecule has 324 valence electrons. The van der Waals surface area contributed by atoms with Gasteiger partial charge < -0.3 is 68.7 Å². The second-order valence-electron chi connectivity index (χ2n) is 13.2. The third-order valence-electron chi connectivity index (χ3n) is 8.69. The van der Waals surface area contributed by atoms with Crippen molar-refractivity contribution < 1.29 is 68.5 Å². The molecular formula is C32H44N10O15S2. The molecule has 25 nitrogen and oxygen atoms in total. The SMILES string of the molecule is NC(=O)[C@H]1CSSC[C@@H](N)C(=O)N[C@H](CC(=O)O)C(=O)NCC(=O)N[C@@H](Cc2ccc(O)c([N+](=O)[O-])c2)C(=O)NCC(=O)N2CC(O)C[C@H]2C(=O)N[C@@H](CCO)C(=O)N1. The molecule has 1 unspecified atom stereocenters. The molecule has 2 saturated heterocycles. The number of nitrogens with two attached hydrogens (primary N) is 2. The number of nitro groups is 1. The molecule has 0 bridgehead atoms. The Morgan fingerprint density at radius 2 is 1.53 bits per heavy atom. The smallest absolute Gasteiger partial charge is 0.310 e. The van der Waals surface area contributed by atoms with Gasteiger partial charge in [0.1, 0.15) is 30.2 Å². The number of phenolic OH excluding ortho intramolecular Hbond substituents is 1. The first kappa shape index (κ1) is 47.6. The van der Waals surface area contributed by atoms with E-state index < -0.39 is 144 Å². The molecule has 0 aromatic heterocycles. The molecule has 0 saturated carbocycles. The van der Waals surface area contributed by atoms with Crippen LogP contribution in [0.3, 0.4) is 0 Å². The van der Waals surface area contributed by atoms with Crippen LogP contribution in [0.4, 0.5) is 5.69 Å². The average Bonchev–Trinajstić information content (AvgIpc) is 3.57. The van der Waals surface area contributed by atoms with Crippen LogP contribution in [-0.2, 0) is 49.6 Å². The summed E-state index contributed by atoms with van der Waals surface area (Å²) in [6, 6.07) is -5.81. The fourth-order valence-electron chi connectivity index (χ4n) is 5.66. The zero-order valence-electron chi connectivity index (χ0n) is 31.0. The summed E-state index contributed by atoms with van der Waals surface area (Å²) in [4.78, 5) is 128. The van der Waals surface area contributed by atoms with Gasteiger partial charge in [-0.15, -0.1) is 0 Å². The Balaban J connectivity index is 1.94. The van der Waals surface area contributed by atoms with Crippen molar-refractivity contribution in [2.24, 2.45) is 11.5 Å². The van der Waals surface area contributed by atoms with E-state index in [0.29, 0.717) is 0 Å². The number of fused-ring (bicyclic) bond motifs is 1. The molecule has 8 amide bonds. The molecule has 59 heavy (non-hydrogen) atoms. The summed E-state index contributed by atoms with van der Waals surface area (Å²) in [5, 5.41) is 64.3. The van der Waals surface area contributed by atoms with Gasteiger partial charge in [-0.2, -0.15) is 0 Å². The van der Waals surface area contributed by atoms with Crippen LogP contribution in [0, 0.1) is 10.1 Å². The highest BCUT2D eigenvalue weighted by atomic mass is 33.1. The number of aliphatic carboxylic acids is 1. The summed E-state index contributed by atoms with van der Waals surface area (Å²) in [7, 11) is 1.89. The second kappa shape index (κ2) is 22.4. The van der Waals surface area contributed by atoms with Crippen molar-refractivity contribution in [2.45, 2.75) is 68.0 Å². The van der Waals surface area contributed by atoms with Crippen molar-refractivity contribution >= 4 is 80.5 Å². The second-order valence-corrected chi connectivity index (χ2v) is 15.7. The van der Waals surface area contributed by atoms with Gasteiger partial charge in [0.15, 0.2) is 5.75 Å². The van der Waals surface area contributed by atoms with E-state index in [2.05, 4.69) is 31.9 Å². The van der Waals surface area contributed by atoms with Gasteiger partial charge in [0.25, 0.3) is 0 Å². The number of carbonyl (C=O) groups excluding carboxylic acids is 8. The summed E-state index contributed by atoms with van der Waals surface area (Å²) in [6.45, 7) is -2.72. The highest BCUT2D eigenvalue weighted by Gasteiger charge is 2.40. The number of aliphatic hydroxyl groups excluding tert-OH is 2. The van der Waals surface area contributed by atoms with E-state index in [0.717, 1.165) is 38.6 Å². The van der Waals surface area contributed by atoms with E-state index in [-0.39, 0.29) is 36.5 Å². The molecule has 0 spiro atoms. The summed E-state index contributed by atoms with van der Waals surface area (Å²) >= 11 is 0. The number of phenols is 1. The van der Waals surface area contributed by atoms with Crippen molar-refractivity contribution in [3.05, 3.63) is 33.9 Å². The normalized spacial score (nSPS) is 26.3. The predicted octanol–water partition coefficient (Wildman–Crippen LogP) is -5.96. The van der Waals surface area contributed by atoms with Crippen LogP contribution in [0.1, 0.15) is 24.8 Å². The highest BCUT2D eigenvalue weighted by Crippen LogP contribution is 2.27. The molecule has 1 aromatic rings. The first-order chi connectivity index (χ1) is 27.8. The van der Waals surface area contributed by atoms with Gasteiger partial charge >= 0.3 is 11.7 Å². The van der Waals surface area contributed by atoms with Crippen LogP contribution < -0.4 is 43.4 Å². The van der Waals surface area contributed by atoms with E-state index in [9.17, 15) is 73.7 Å². The van der Waals surface area contributed by atoms with E-state index >= 15 is 0 Å². The first-order valence-corrected chi connectivity index (χ1v) is 20.1. The number of nitrogens with one attached hydrogen (secondary N) is 6. The summed E-state index contributed by atoms with van der Waals surface area (Å²) in [6.07, 6.45) is -3.30. The molecule has 7 atom stereocenters. The minimum Gasteiger partial charge on any atom is -0.502 e. The molecular weight excluding hydrogens is 829 g/mol. The number of amides is 8. The number of carboxylic acids is 1. The zero-order valence-corrected chi connectivity index (χ0v) is 32.6. The Morgan fingerprint density at radius 1 is 0.881 bits per heavy atom. The number of primary amides is 1. The molecule has 1 aromatic carbocycles. The Kier molecular flexibility index (Phi) is 18.1. The number of hydrogen-bond donors (Lipinski definition) is 12. The number of nitrogens with zero attached hydrogens (tertiary/aromatic N) is 2. The Morgan fingerprint density at radius 3 is 2.17 bits per heavy atom. The quantitative estimate of drug-likeness (QED) is 0.0657. The van der Waals surface area contributed by atoms with Crippen LogP contribution in [0.5, 0.6) is 5.75 Å². The molecule has 2 aliphatic rings. The number of aromatic hydroxyl groups is 1. The lowest BCUT2D eigenvalue weighted by Crippen LogP contribution is -2.57. The van der Waals surface area contributed by atoms with E-state index in [1.165, 1.54) is 6.07 Å². The zero-order chi connectivity index (χ0) is 44.0. The molecule has 2 heterocycles. The van der Waals surface area contributed by atoms with Crippen LogP contribution in [0.25, 0.3) is 0 Å². The van der Waals surface area contributed by atoms with E-state index in [1.54, 1.807) is 0 Å². The van der Waals surface area contributed by atoms with Crippen molar-refractivity contribution in [1.29, 1.82) is 0 Å². The van der Waals surface area contributed by atoms with Gasteiger partial charge in [-0.05, 0) is 18.1 Å². The lowest BCUT2D eigenvalue weighted by Gasteiger charge is -2.27. The van der Waals surface area contributed by atoms with Crippen molar-refractivity contribution in [2.75, 3.05) is 37.7 Å². The third-order valence-corrected chi connectivity index (χ3v) is 11.1. The van der Waals surface area contributed by atoms with Gasteiger partial charge in [-0.1, -0.05) is 27.7 Å². The van der Waals surface area contributed by atoms with Crippen molar-refractivity contribution in [3.63, 3.8) is 0 Å². The minimum atomic E-state index is -1.74. The minimum absolute atomic E-state index is 0.0464. The Hall–Kier alpha value is -5.77. The van der Waals surface area contributed by atoms with Crippen LogP contribution in [0.15, 0.2) is 18.2 Å². The molecule has 2 fully saturated rings. The topological polar surface area (TPSA) is 405 Å². The van der Waals surface area contributed by atoms with Gasteiger partial charge in [0, 0.05) is 43.6 Å². The number of carbonyl (C=O) groups is 9. The predicted molar refractivity (Wildman–Crippen MR) is 204 cm³/mol. The van der Waals surface area contributed by atoms with Gasteiger partial charge in [-0.25, -0.2) is 0 Å². The maximum absolute atomic E-state index is 13.5. The maximum Gasteiger partial charge on any atom is 0.310 e. The highest BCUT2D eigenvalue weighted by molar-refractivity contribution is 8.76. The monoisotopic (exact) mass is 872 g/mol. The average molecular weight is 873 g/mol. The molecule has 0 radical (unpaired) electrons. The largest absolute Gasteiger partial charge is 0.502 e. The number of carboxylic acid groups (broad SMARTS) is 1. The maximum atomic E-state index is 13.5. The fourth-order valence-corrected chi connectivity index (χ4v) is 7.96. The van der Waals surface area contributed by atoms with Crippen LogP contribution >= 0.6 is 21.6 Å². The standard InChI is InChI=1S/C32H44N10O15S2/c33-16-12-58-59-13-20(27(34)50)40-31(54)17(3-4-43)38-32(55)22-7-15(44)11-41(22)25(47)10-36-29(52)18(5-14-1-2-23(45)21(6-14)42(56)57)37-24(46)9-35-30(53)19(8-26(48)49)39-28(16)51/h1-2,6,15-20,22,43-45H,3-5,7-13,33H2,(H2,34,50)(H,35,53)(H,36,52)(H,37,46)(H,38,55)(H,39,51)(H,40,54)(H,48,49)/t15?,16-,17+,18+,19-,20-,22+/m1/s1. The van der Waals surface area contributed by atoms with Crippen molar-refractivity contribution in [1.82, 2.24) is 36.8 Å². The van der Waals surface area contributed by atoms with Gasteiger partial charge in [-0.3, -0.25) is 53.3 Å². The van der Waals surface area contributed by atoms with Crippen LogP contribution in [-0.4, -0.2) is 164 Å². The molecule has 27 heteroatoms. The van der Waals surface area contributed by atoms with Gasteiger partial charge in [0.2, 0.25) is 47.3 Å².